The highest BCUT2D eigenvalue weighted by atomic mass is 16.5. The van der Waals surface area contributed by atoms with Crippen molar-refractivity contribution in [3.63, 3.8) is 0 Å². The van der Waals surface area contributed by atoms with Crippen LogP contribution in [0.15, 0.2) is 77.5 Å². The second-order valence-corrected chi connectivity index (χ2v) is 7.27. The van der Waals surface area contributed by atoms with Crippen LogP contribution in [0.5, 0.6) is 0 Å². The molecule has 1 atom stereocenters. The summed E-state index contributed by atoms with van der Waals surface area (Å²) in [6.07, 6.45) is 0. The van der Waals surface area contributed by atoms with Gasteiger partial charge in [-0.3, -0.25) is 4.79 Å². The number of benzene rings is 2. The number of amides is 1. The van der Waals surface area contributed by atoms with E-state index in [9.17, 15) is 19.5 Å². The molecular formula is C26H24N2O5. The summed E-state index contributed by atoms with van der Waals surface area (Å²) in [6, 6.07) is 18.0. The van der Waals surface area contributed by atoms with Crippen molar-refractivity contribution in [1.82, 2.24) is 4.90 Å². The number of rotatable bonds is 6. The first kappa shape index (κ1) is 23.4. The Morgan fingerprint density at radius 1 is 1.03 bits per heavy atom. The fourth-order valence-corrected chi connectivity index (χ4v) is 3.73. The lowest BCUT2D eigenvalue weighted by atomic mass is 9.82. The van der Waals surface area contributed by atoms with Crippen LogP contribution in [0.4, 0.5) is 0 Å². The highest BCUT2D eigenvalue weighted by Crippen LogP contribution is 2.40. The van der Waals surface area contributed by atoms with E-state index >= 15 is 0 Å². The Morgan fingerprint density at radius 3 is 2.18 bits per heavy atom. The van der Waals surface area contributed by atoms with Gasteiger partial charge in [-0.05, 0) is 31.5 Å². The number of esters is 1. The molecule has 0 saturated heterocycles. The van der Waals surface area contributed by atoms with Crippen molar-refractivity contribution in [2.45, 2.75) is 13.8 Å². The molecule has 2 aromatic carbocycles. The van der Waals surface area contributed by atoms with Crippen molar-refractivity contribution < 1.29 is 24.2 Å². The highest BCUT2D eigenvalue weighted by molar-refractivity contribution is 6.04. The van der Waals surface area contributed by atoms with Crippen molar-refractivity contribution in [2.75, 3.05) is 13.2 Å². The van der Waals surface area contributed by atoms with Gasteiger partial charge in [0, 0.05) is 11.3 Å². The average molecular weight is 444 g/mol. The molecule has 3 rings (SSSR count). The molecule has 0 aromatic heterocycles. The fourth-order valence-electron chi connectivity index (χ4n) is 3.73. The topological polar surface area (TPSA) is 110 Å². The molecule has 33 heavy (non-hydrogen) atoms. The van der Waals surface area contributed by atoms with E-state index in [0.29, 0.717) is 16.8 Å². The van der Waals surface area contributed by atoms with Crippen LogP contribution in [-0.2, 0) is 19.1 Å². The van der Waals surface area contributed by atoms with Crippen LogP contribution in [0.2, 0.25) is 0 Å². The summed E-state index contributed by atoms with van der Waals surface area (Å²) in [5, 5.41) is 10.1. The van der Waals surface area contributed by atoms with Crippen molar-refractivity contribution in [3.05, 3.63) is 88.6 Å². The molecule has 0 saturated carbocycles. The molecule has 7 heteroatoms. The first-order valence-corrected chi connectivity index (χ1v) is 10.4. The Morgan fingerprint density at radius 2 is 1.64 bits per heavy atom. The van der Waals surface area contributed by atoms with Crippen LogP contribution < -0.4 is 5.73 Å². The molecule has 2 aromatic rings. The van der Waals surface area contributed by atoms with E-state index in [4.69, 9.17) is 10.5 Å². The SMILES string of the molecule is CCOC(=O)C1=C(c2ccccc2)N(CC(N)=O)C(C)=C(C(=O)O)C1C#Cc1ccccc1. The van der Waals surface area contributed by atoms with Gasteiger partial charge >= 0.3 is 11.9 Å². The minimum atomic E-state index is -1.25. The highest BCUT2D eigenvalue weighted by Gasteiger charge is 2.40. The average Bonchev–Trinajstić information content (AvgIpc) is 2.79. The number of carbonyl (C=O) groups is 3. The summed E-state index contributed by atoms with van der Waals surface area (Å²) < 4.78 is 5.31. The summed E-state index contributed by atoms with van der Waals surface area (Å²) in [5.74, 6) is 2.24. The second kappa shape index (κ2) is 10.3. The maximum absolute atomic E-state index is 13.2. The molecule has 1 aliphatic rings. The molecule has 168 valence electrons. The monoisotopic (exact) mass is 444 g/mol. The third-order valence-electron chi connectivity index (χ3n) is 5.12. The largest absolute Gasteiger partial charge is 0.478 e. The van der Waals surface area contributed by atoms with E-state index in [0.717, 1.165) is 0 Å². The van der Waals surface area contributed by atoms with E-state index in [-0.39, 0.29) is 30.0 Å². The summed E-state index contributed by atoms with van der Waals surface area (Å²) in [6.45, 7) is 3.02. The number of carbonyl (C=O) groups excluding carboxylic acids is 2. The van der Waals surface area contributed by atoms with E-state index in [2.05, 4.69) is 11.8 Å². The third kappa shape index (κ3) is 5.13. The second-order valence-electron chi connectivity index (χ2n) is 7.27. The molecule has 3 N–H and O–H groups in total. The minimum absolute atomic E-state index is 0.0516. The minimum Gasteiger partial charge on any atom is -0.478 e. The standard InChI is InChI=1S/C26H24N2O5/c1-3-33-26(32)23-20(15-14-18-10-6-4-7-11-18)22(25(30)31)17(2)28(16-21(27)29)24(23)19-12-8-5-9-13-19/h4-13,20H,3,16H2,1-2H3,(H2,27,29)(H,30,31). The molecule has 1 heterocycles. The van der Waals surface area contributed by atoms with Gasteiger partial charge in [0.05, 0.1) is 29.4 Å². The van der Waals surface area contributed by atoms with Gasteiger partial charge in [0.15, 0.2) is 0 Å². The fraction of sp³-hybridized carbons (Fsp3) is 0.192. The zero-order chi connectivity index (χ0) is 24.0. The van der Waals surface area contributed by atoms with E-state index < -0.39 is 23.8 Å². The van der Waals surface area contributed by atoms with Gasteiger partial charge in [-0.2, -0.15) is 0 Å². The Hall–Kier alpha value is -4.31. The van der Waals surface area contributed by atoms with Crippen molar-refractivity contribution in [2.24, 2.45) is 11.7 Å². The quantitative estimate of drug-likeness (QED) is 0.524. The molecular weight excluding hydrogens is 420 g/mol. The van der Waals surface area contributed by atoms with Gasteiger partial charge in [-0.1, -0.05) is 60.4 Å². The third-order valence-corrected chi connectivity index (χ3v) is 5.12. The van der Waals surface area contributed by atoms with Crippen LogP contribution in [0.3, 0.4) is 0 Å². The Bertz CT molecular complexity index is 1190. The smallest absolute Gasteiger partial charge is 0.337 e. The van der Waals surface area contributed by atoms with Crippen LogP contribution in [0.25, 0.3) is 5.70 Å². The Balaban J connectivity index is 2.35. The maximum atomic E-state index is 13.2. The van der Waals surface area contributed by atoms with Gasteiger partial charge < -0.3 is 20.5 Å². The van der Waals surface area contributed by atoms with Crippen LogP contribution >= 0.6 is 0 Å². The number of ether oxygens (including phenoxy) is 1. The Labute approximate surface area is 192 Å². The lowest BCUT2D eigenvalue weighted by Crippen LogP contribution is -2.39. The summed E-state index contributed by atoms with van der Waals surface area (Å²) in [7, 11) is 0. The van der Waals surface area contributed by atoms with Crippen LogP contribution in [0, 0.1) is 17.8 Å². The number of nitrogens with zero attached hydrogens (tertiary/aromatic N) is 1. The molecule has 0 fully saturated rings. The number of primary amides is 1. The summed E-state index contributed by atoms with van der Waals surface area (Å²) in [5.41, 5.74) is 7.33. The molecule has 0 aliphatic carbocycles. The summed E-state index contributed by atoms with van der Waals surface area (Å²) >= 11 is 0. The molecule has 1 unspecified atom stereocenters. The van der Waals surface area contributed by atoms with E-state index in [1.54, 1.807) is 50.2 Å². The van der Waals surface area contributed by atoms with E-state index in [1.165, 1.54) is 4.90 Å². The van der Waals surface area contributed by atoms with Gasteiger partial charge in [-0.15, -0.1) is 0 Å². The van der Waals surface area contributed by atoms with Crippen LogP contribution in [0.1, 0.15) is 25.0 Å². The van der Waals surface area contributed by atoms with Crippen LogP contribution in [-0.4, -0.2) is 41.0 Å². The first-order valence-electron chi connectivity index (χ1n) is 10.4. The van der Waals surface area contributed by atoms with E-state index in [1.807, 2.05) is 24.3 Å². The van der Waals surface area contributed by atoms with Gasteiger partial charge in [0.1, 0.15) is 6.54 Å². The number of hydrogen-bond donors (Lipinski definition) is 2. The molecule has 0 spiro atoms. The lowest BCUT2D eigenvalue weighted by Gasteiger charge is -2.36. The normalized spacial score (nSPS) is 15.6. The zero-order valence-corrected chi connectivity index (χ0v) is 18.4. The number of nitrogens with two attached hydrogens (primary N) is 1. The zero-order valence-electron chi connectivity index (χ0n) is 18.4. The molecule has 0 bridgehead atoms. The number of allylic oxidation sites excluding steroid dienone is 1. The van der Waals surface area contributed by atoms with Crippen molar-refractivity contribution in [3.8, 4) is 11.8 Å². The van der Waals surface area contributed by atoms with Gasteiger partial charge in [0.2, 0.25) is 5.91 Å². The molecule has 7 nitrogen and oxygen atoms in total. The Kier molecular flexibility index (Phi) is 7.31. The first-order chi connectivity index (χ1) is 15.8. The number of aliphatic carboxylic acids is 1. The number of hydrogen-bond acceptors (Lipinski definition) is 5. The molecule has 1 amide bonds. The summed E-state index contributed by atoms with van der Waals surface area (Å²) in [4.78, 5) is 38.9. The van der Waals surface area contributed by atoms with Crippen molar-refractivity contribution in [1.29, 1.82) is 0 Å². The predicted octanol–water partition coefficient (Wildman–Crippen LogP) is 2.79. The predicted molar refractivity (Wildman–Crippen MR) is 123 cm³/mol. The number of carboxylic acids is 1. The number of carboxylic acid groups (broad SMARTS) is 1. The molecule has 0 radical (unpaired) electrons. The molecule has 1 aliphatic heterocycles. The lowest BCUT2D eigenvalue weighted by molar-refractivity contribution is -0.139. The van der Waals surface area contributed by atoms with Gasteiger partial charge in [0.25, 0.3) is 0 Å². The maximum Gasteiger partial charge on any atom is 0.337 e. The van der Waals surface area contributed by atoms with Crippen molar-refractivity contribution >= 4 is 23.5 Å². The van der Waals surface area contributed by atoms with Gasteiger partial charge in [-0.25, -0.2) is 9.59 Å².